The van der Waals surface area contributed by atoms with Crippen molar-refractivity contribution in [1.29, 1.82) is 0 Å². The highest BCUT2D eigenvalue weighted by molar-refractivity contribution is 5.71. The molecule has 1 aliphatic heterocycles. The van der Waals surface area contributed by atoms with Crippen LogP contribution in [0.5, 0.6) is 0 Å². The summed E-state index contributed by atoms with van der Waals surface area (Å²) >= 11 is 0. The number of nitrogens with zero attached hydrogens (tertiary/aromatic N) is 1. The van der Waals surface area contributed by atoms with Crippen LogP contribution in [0.1, 0.15) is 39.0 Å². The Kier molecular flexibility index (Phi) is 4.62. The van der Waals surface area contributed by atoms with Gasteiger partial charge in [-0.15, -0.1) is 0 Å². The van der Waals surface area contributed by atoms with Gasteiger partial charge >= 0.3 is 5.97 Å². The topological polar surface area (TPSA) is 49.8 Å². The highest BCUT2D eigenvalue weighted by atomic mass is 16.5. The van der Waals surface area contributed by atoms with Crippen LogP contribution in [0.3, 0.4) is 0 Å². The first kappa shape index (κ1) is 13.8. The molecule has 0 bridgehead atoms. The molecule has 0 aromatic rings. The summed E-state index contributed by atoms with van der Waals surface area (Å²) in [5.41, 5.74) is 0. The van der Waals surface area contributed by atoms with Crippen LogP contribution >= 0.6 is 0 Å². The summed E-state index contributed by atoms with van der Waals surface area (Å²) in [7, 11) is 2.08. The molecule has 1 heterocycles. The Hall–Kier alpha value is -0.610. The molecule has 4 unspecified atom stereocenters. The molecule has 2 rings (SSSR count). The lowest BCUT2D eigenvalue weighted by Gasteiger charge is -2.33. The molecule has 0 spiro atoms. The van der Waals surface area contributed by atoms with Crippen molar-refractivity contribution in [1.82, 2.24) is 4.90 Å². The third kappa shape index (κ3) is 3.04. The summed E-state index contributed by atoms with van der Waals surface area (Å²) < 4.78 is 5.37. The van der Waals surface area contributed by atoms with Gasteiger partial charge in [-0.1, -0.05) is 19.8 Å². The maximum absolute atomic E-state index is 11.2. The normalized spacial score (nSPS) is 37.7. The fourth-order valence-corrected chi connectivity index (χ4v) is 3.33. The van der Waals surface area contributed by atoms with Gasteiger partial charge in [0, 0.05) is 12.1 Å². The number of carboxylic acid groups (broad SMARTS) is 1. The highest BCUT2D eigenvalue weighted by Crippen LogP contribution is 2.29. The minimum Gasteiger partial charge on any atom is -0.481 e. The van der Waals surface area contributed by atoms with Crippen molar-refractivity contribution in [3.05, 3.63) is 0 Å². The molecule has 4 nitrogen and oxygen atoms in total. The Labute approximate surface area is 109 Å². The van der Waals surface area contributed by atoms with Crippen molar-refractivity contribution in [2.24, 2.45) is 11.8 Å². The zero-order valence-electron chi connectivity index (χ0n) is 11.5. The smallest absolute Gasteiger partial charge is 0.310 e. The van der Waals surface area contributed by atoms with Gasteiger partial charge in [0.05, 0.1) is 19.1 Å². The molecule has 0 radical (unpaired) electrons. The predicted octanol–water partition coefficient (Wildman–Crippen LogP) is 1.99. The largest absolute Gasteiger partial charge is 0.481 e. The zero-order chi connectivity index (χ0) is 13.1. The van der Waals surface area contributed by atoms with Gasteiger partial charge < -0.3 is 9.84 Å². The molecular weight excluding hydrogens is 230 g/mol. The number of aliphatic carboxylic acids is 1. The van der Waals surface area contributed by atoms with Crippen molar-refractivity contribution in [3.8, 4) is 0 Å². The van der Waals surface area contributed by atoms with Crippen molar-refractivity contribution < 1.29 is 14.6 Å². The second-order valence-electron chi connectivity index (χ2n) is 5.98. The van der Waals surface area contributed by atoms with E-state index in [-0.39, 0.29) is 12.0 Å². The molecule has 2 fully saturated rings. The average Bonchev–Trinajstić information content (AvgIpc) is 2.72. The number of rotatable bonds is 3. The van der Waals surface area contributed by atoms with E-state index in [0.717, 1.165) is 5.92 Å². The molecule has 1 aliphatic carbocycles. The van der Waals surface area contributed by atoms with Gasteiger partial charge in [-0.05, 0) is 32.2 Å². The second-order valence-corrected chi connectivity index (χ2v) is 5.98. The Morgan fingerprint density at radius 3 is 2.72 bits per heavy atom. The summed E-state index contributed by atoms with van der Waals surface area (Å²) in [4.78, 5) is 13.5. The minimum atomic E-state index is -0.716. The molecule has 0 aromatic carbocycles. The van der Waals surface area contributed by atoms with Crippen LogP contribution in [0.15, 0.2) is 0 Å². The van der Waals surface area contributed by atoms with Crippen LogP contribution in [0.25, 0.3) is 0 Å². The van der Waals surface area contributed by atoms with Gasteiger partial charge in [0.15, 0.2) is 0 Å². The van der Waals surface area contributed by atoms with E-state index in [1.54, 1.807) is 0 Å². The fourth-order valence-electron chi connectivity index (χ4n) is 3.33. The highest BCUT2D eigenvalue weighted by Gasteiger charge is 2.38. The Morgan fingerprint density at radius 2 is 2.00 bits per heavy atom. The van der Waals surface area contributed by atoms with Crippen LogP contribution in [0.4, 0.5) is 0 Å². The Balaban J connectivity index is 1.97. The molecule has 4 heteroatoms. The molecule has 104 valence electrons. The summed E-state index contributed by atoms with van der Waals surface area (Å²) in [6.07, 6.45) is 6.24. The van der Waals surface area contributed by atoms with E-state index in [9.17, 15) is 9.90 Å². The van der Waals surface area contributed by atoms with E-state index in [0.29, 0.717) is 19.3 Å². The predicted molar refractivity (Wildman–Crippen MR) is 69.5 cm³/mol. The standard InChI is InChI=1S/C14H25NO3/c1-10-4-3-5-11(7-6-10)15(2)13-9-18-8-12(13)14(16)17/h10-13H,3-9H2,1-2H3,(H,16,17). The average molecular weight is 255 g/mol. The Morgan fingerprint density at radius 1 is 1.22 bits per heavy atom. The van der Waals surface area contributed by atoms with E-state index in [1.807, 2.05) is 0 Å². The van der Waals surface area contributed by atoms with Crippen molar-refractivity contribution in [3.63, 3.8) is 0 Å². The van der Waals surface area contributed by atoms with Crippen molar-refractivity contribution in [2.75, 3.05) is 20.3 Å². The molecule has 4 atom stereocenters. The summed E-state index contributed by atoms with van der Waals surface area (Å²) in [6.45, 7) is 3.26. The van der Waals surface area contributed by atoms with Gasteiger partial charge in [-0.3, -0.25) is 9.69 Å². The molecule has 1 N–H and O–H groups in total. The molecule has 0 amide bonds. The summed E-state index contributed by atoms with van der Waals surface area (Å²) in [5.74, 6) is -0.250. The first-order chi connectivity index (χ1) is 8.59. The van der Waals surface area contributed by atoms with Crippen LogP contribution in [-0.2, 0) is 9.53 Å². The van der Waals surface area contributed by atoms with Crippen LogP contribution < -0.4 is 0 Å². The lowest BCUT2D eigenvalue weighted by molar-refractivity contribution is -0.143. The number of carbonyl (C=O) groups is 1. The molecule has 18 heavy (non-hydrogen) atoms. The quantitative estimate of drug-likeness (QED) is 0.784. The molecule has 1 saturated carbocycles. The second kappa shape index (κ2) is 6.02. The van der Waals surface area contributed by atoms with Crippen LogP contribution in [0.2, 0.25) is 0 Å². The van der Waals surface area contributed by atoms with Gasteiger partial charge in [-0.25, -0.2) is 0 Å². The molecule has 0 aromatic heterocycles. The van der Waals surface area contributed by atoms with Gasteiger partial charge in [0.1, 0.15) is 0 Å². The fraction of sp³-hybridized carbons (Fsp3) is 0.929. The lowest BCUT2D eigenvalue weighted by atomic mass is 9.98. The third-order valence-corrected chi connectivity index (χ3v) is 4.69. The monoisotopic (exact) mass is 255 g/mol. The molecule has 2 aliphatic rings. The van der Waals surface area contributed by atoms with Gasteiger partial charge in [0.25, 0.3) is 0 Å². The van der Waals surface area contributed by atoms with E-state index in [2.05, 4.69) is 18.9 Å². The van der Waals surface area contributed by atoms with Crippen LogP contribution in [-0.4, -0.2) is 48.3 Å². The summed E-state index contributed by atoms with van der Waals surface area (Å²) in [5, 5.41) is 9.22. The number of carboxylic acids is 1. The van der Waals surface area contributed by atoms with E-state index >= 15 is 0 Å². The lowest BCUT2D eigenvalue weighted by Crippen LogP contribution is -2.46. The first-order valence-electron chi connectivity index (χ1n) is 7.12. The van der Waals surface area contributed by atoms with Crippen molar-refractivity contribution >= 4 is 5.97 Å². The van der Waals surface area contributed by atoms with Crippen LogP contribution in [0, 0.1) is 11.8 Å². The zero-order valence-corrected chi connectivity index (χ0v) is 11.5. The maximum Gasteiger partial charge on any atom is 0.310 e. The summed E-state index contributed by atoms with van der Waals surface area (Å²) in [6, 6.07) is 0.587. The van der Waals surface area contributed by atoms with Gasteiger partial charge in [0.2, 0.25) is 0 Å². The first-order valence-corrected chi connectivity index (χ1v) is 7.12. The number of ether oxygens (including phenoxy) is 1. The number of likely N-dealkylation sites (N-methyl/N-ethyl adjacent to an activating group) is 1. The van der Waals surface area contributed by atoms with Crippen molar-refractivity contribution in [2.45, 2.75) is 51.1 Å². The maximum atomic E-state index is 11.2. The van der Waals surface area contributed by atoms with E-state index in [1.165, 1.54) is 32.1 Å². The number of hydrogen-bond acceptors (Lipinski definition) is 3. The van der Waals surface area contributed by atoms with E-state index < -0.39 is 5.97 Å². The minimum absolute atomic E-state index is 0.0564. The number of hydrogen-bond donors (Lipinski definition) is 1. The molecule has 1 saturated heterocycles. The SMILES string of the molecule is CC1CCCC(N(C)C2COCC2C(=O)O)CC1. The van der Waals surface area contributed by atoms with Gasteiger partial charge in [-0.2, -0.15) is 0 Å². The Bertz CT molecular complexity index is 295. The van der Waals surface area contributed by atoms with E-state index in [4.69, 9.17) is 4.74 Å². The third-order valence-electron chi connectivity index (χ3n) is 4.69. The molecular formula is C14H25NO3.